The van der Waals surface area contributed by atoms with Crippen LogP contribution in [0.3, 0.4) is 0 Å². The Morgan fingerprint density at radius 3 is 2.39 bits per heavy atom. The van der Waals surface area contributed by atoms with Crippen LogP contribution in [0.25, 0.3) is 0 Å². The van der Waals surface area contributed by atoms with Crippen molar-refractivity contribution in [3.63, 3.8) is 0 Å². The first-order valence-electron chi connectivity index (χ1n) is 9.66. The van der Waals surface area contributed by atoms with Crippen LogP contribution < -0.4 is 10.2 Å². The summed E-state index contributed by atoms with van der Waals surface area (Å²) < 4.78 is 1.66. The zero-order chi connectivity index (χ0) is 19.8. The van der Waals surface area contributed by atoms with Gasteiger partial charge in [-0.1, -0.05) is 72.0 Å². The van der Waals surface area contributed by atoms with E-state index in [1.807, 2.05) is 36.6 Å². The van der Waals surface area contributed by atoms with E-state index in [1.165, 1.54) is 16.9 Å². The number of carbonyl (C=O) groups is 1. The summed E-state index contributed by atoms with van der Waals surface area (Å²) in [5.74, 6) is -0.0222. The molecule has 0 saturated heterocycles. The maximum Gasteiger partial charge on any atom is 0.307 e. The lowest BCUT2D eigenvalue weighted by Gasteiger charge is -2.19. The van der Waals surface area contributed by atoms with Crippen molar-refractivity contribution in [2.24, 2.45) is 0 Å². The first kappa shape index (κ1) is 20.1. The van der Waals surface area contributed by atoms with Crippen molar-refractivity contribution >= 4 is 17.2 Å². The van der Waals surface area contributed by atoms with Crippen LogP contribution in [-0.2, 0) is 17.8 Å². The highest BCUT2D eigenvalue weighted by Crippen LogP contribution is 2.20. The van der Waals surface area contributed by atoms with Crippen molar-refractivity contribution in [2.45, 2.75) is 45.2 Å². The summed E-state index contributed by atoms with van der Waals surface area (Å²) in [6, 6.07) is 20.5. The van der Waals surface area contributed by atoms with Crippen LogP contribution in [0.5, 0.6) is 0 Å². The van der Waals surface area contributed by atoms with Crippen LogP contribution in [0.15, 0.2) is 70.8 Å². The molecular formula is C23H26N2O2S. The molecule has 0 aliphatic rings. The lowest BCUT2D eigenvalue weighted by Crippen LogP contribution is -2.30. The van der Waals surface area contributed by atoms with Gasteiger partial charge >= 0.3 is 4.87 Å². The third kappa shape index (κ3) is 5.67. The lowest BCUT2D eigenvalue weighted by atomic mass is 9.99. The number of nitrogens with zero attached hydrogens (tertiary/aromatic N) is 1. The summed E-state index contributed by atoms with van der Waals surface area (Å²) in [5.41, 5.74) is 3.34. The molecule has 0 fully saturated rings. The van der Waals surface area contributed by atoms with Crippen molar-refractivity contribution < 1.29 is 4.79 Å². The highest BCUT2D eigenvalue weighted by molar-refractivity contribution is 7.07. The second kappa shape index (κ2) is 10.0. The molecule has 0 spiro atoms. The van der Waals surface area contributed by atoms with Crippen molar-refractivity contribution in [1.29, 1.82) is 0 Å². The van der Waals surface area contributed by atoms with Gasteiger partial charge in [-0.05, 0) is 37.3 Å². The largest absolute Gasteiger partial charge is 0.349 e. The van der Waals surface area contributed by atoms with Crippen LogP contribution in [0, 0.1) is 6.92 Å². The zero-order valence-electron chi connectivity index (χ0n) is 16.1. The molecule has 1 aromatic heterocycles. The molecule has 28 heavy (non-hydrogen) atoms. The number of thiazole rings is 1. The summed E-state index contributed by atoms with van der Waals surface area (Å²) >= 11 is 1.18. The average Bonchev–Trinajstić information content (AvgIpc) is 3.04. The second-order valence-electron chi connectivity index (χ2n) is 6.95. The highest BCUT2D eigenvalue weighted by atomic mass is 32.1. The van der Waals surface area contributed by atoms with E-state index < -0.39 is 0 Å². The Hall–Kier alpha value is -2.66. The minimum Gasteiger partial charge on any atom is -0.349 e. The van der Waals surface area contributed by atoms with Gasteiger partial charge in [-0.15, -0.1) is 0 Å². The van der Waals surface area contributed by atoms with Gasteiger partial charge in [0.25, 0.3) is 0 Å². The molecule has 1 amide bonds. The number of rotatable bonds is 9. The fourth-order valence-electron chi connectivity index (χ4n) is 3.32. The predicted molar refractivity (Wildman–Crippen MR) is 115 cm³/mol. The molecule has 3 aromatic rings. The van der Waals surface area contributed by atoms with Crippen LogP contribution in [0.4, 0.5) is 0 Å². The van der Waals surface area contributed by atoms with Gasteiger partial charge in [-0.25, -0.2) is 0 Å². The molecule has 3 rings (SSSR count). The number of amides is 1. The van der Waals surface area contributed by atoms with Crippen molar-refractivity contribution in [1.82, 2.24) is 9.88 Å². The molecule has 146 valence electrons. The van der Waals surface area contributed by atoms with Gasteiger partial charge in [0.2, 0.25) is 5.91 Å². The Morgan fingerprint density at radius 1 is 1.07 bits per heavy atom. The number of aryl methyl sites for hydroxylation is 2. The summed E-state index contributed by atoms with van der Waals surface area (Å²) in [6.07, 6.45) is 3.16. The first-order chi connectivity index (χ1) is 13.6. The van der Waals surface area contributed by atoms with Gasteiger partial charge in [0.15, 0.2) is 0 Å². The van der Waals surface area contributed by atoms with Crippen molar-refractivity contribution in [2.75, 3.05) is 0 Å². The van der Waals surface area contributed by atoms with Gasteiger partial charge in [0, 0.05) is 24.0 Å². The highest BCUT2D eigenvalue weighted by Gasteiger charge is 2.15. The Morgan fingerprint density at radius 2 is 1.75 bits per heavy atom. The fraction of sp³-hybridized carbons (Fsp3) is 0.304. The van der Waals surface area contributed by atoms with E-state index in [2.05, 4.69) is 41.7 Å². The van der Waals surface area contributed by atoms with Gasteiger partial charge in [0.1, 0.15) is 0 Å². The van der Waals surface area contributed by atoms with E-state index in [1.54, 1.807) is 4.57 Å². The van der Waals surface area contributed by atoms with Gasteiger partial charge in [0.05, 0.1) is 6.04 Å². The van der Waals surface area contributed by atoms with Crippen molar-refractivity contribution in [3.05, 3.63) is 92.5 Å². The summed E-state index contributed by atoms with van der Waals surface area (Å²) in [6.45, 7) is 2.32. The van der Waals surface area contributed by atoms with E-state index in [0.717, 1.165) is 30.5 Å². The summed E-state index contributed by atoms with van der Waals surface area (Å²) in [4.78, 5) is 24.4. The Balaban J connectivity index is 1.58. The first-order valence-corrected chi connectivity index (χ1v) is 10.5. The Labute approximate surface area is 169 Å². The number of carbonyl (C=O) groups excluding carboxylic acids is 1. The number of benzene rings is 2. The molecule has 2 aromatic carbocycles. The van der Waals surface area contributed by atoms with Gasteiger partial charge in [-0.2, -0.15) is 0 Å². The van der Waals surface area contributed by atoms with Crippen molar-refractivity contribution in [3.8, 4) is 0 Å². The molecule has 0 bridgehead atoms. The topological polar surface area (TPSA) is 51.1 Å². The van der Waals surface area contributed by atoms with E-state index >= 15 is 0 Å². The molecule has 0 radical (unpaired) electrons. The normalized spacial score (nSPS) is 11.9. The standard InChI is InChI=1S/C23H26N2O2S/c1-18-17-28-23(27)25(18)16-15-22(26)24-21(20-12-6-3-7-13-20)14-8-11-19-9-4-2-5-10-19/h2-7,9-10,12-13,17,21H,8,11,14-16H2,1H3,(H,24,26). The molecule has 1 unspecified atom stereocenters. The monoisotopic (exact) mass is 394 g/mol. The molecule has 1 atom stereocenters. The number of aromatic nitrogens is 1. The smallest absolute Gasteiger partial charge is 0.307 e. The second-order valence-corrected chi connectivity index (χ2v) is 7.77. The minimum absolute atomic E-state index is 0.00669. The van der Waals surface area contributed by atoms with Crippen LogP contribution in [-0.4, -0.2) is 10.5 Å². The lowest BCUT2D eigenvalue weighted by molar-refractivity contribution is -0.122. The Bertz CT molecular complexity index is 932. The molecule has 5 heteroatoms. The molecule has 1 N–H and O–H groups in total. The number of hydrogen-bond acceptors (Lipinski definition) is 3. The summed E-state index contributed by atoms with van der Waals surface area (Å²) in [5, 5.41) is 5.00. The van der Waals surface area contributed by atoms with Crippen LogP contribution in [0.2, 0.25) is 0 Å². The van der Waals surface area contributed by atoms with Gasteiger partial charge in [-0.3, -0.25) is 9.59 Å². The Kier molecular flexibility index (Phi) is 7.20. The van der Waals surface area contributed by atoms with Crippen LogP contribution in [0.1, 0.15) is 42.1 Å². The molecule has 0 aliphatic heterocycles. The molecule has 0 aliphatic carbocycles. The van der Waals surface area contributed by atoms with E-state index in [9.17, 15) is 9.59 Å². The predicted octanol–water partition coefficient (Wildman–Crippen LogP) is 4.49. The molecular weight excluding hydrogens is 368 g/mol. The maximum atomic E-state index is 12.6. The molecule has 4 nitrogen and oxygen atoms in total. The van der Waals surface area contributed by atoms with E-state index in [0.29, 0.717) is 13.0 Å². The minimum atomic E-state index is -0.0222. The van der Waals surface area contributed by atoms with Gasteiger partial charge < -0.3 is 9.88 Å². The maximum absolute atomic E-state index is 12.6. The van der Waals surface area contributed by atoms with E-state index in [-0.39, 0.29) is 16.8 Å². The number of nitrogens with one attached hydrogen (secondary N) is 1. The molecule has 0 saturated carbocycles. The quantitative estimate of drug-likeness (QED) is 0.581. The third-order valence-corrected chi connectivity index (χ3v) is 5.76. The SMILES string of the molecule is Cc1csc(=O)n1CCC(=O)NC(CCCc1ccccc1)c1ccccc1. The van der Waals surface area contributed by atoms with Crippen LogP contribution >= 0.6 is 11.3 Å². The van der Waals surface area contributed by atoms with E-state index in [4.69, 9.17) is 0 Å². The average molecular weight is 395 g/mol. The number of hydrogen-bond donors (Lipinski definition) is 1. The fourth-order valence-corrected chi connectivity index (χ4v) is 4.08. The third-order valence-electron chi connectivity index (χ3n) is 4.88. The summed E-state index contributed by atoms with van der Waals surface area (Å²) in [7, 11) is 0. The zero-order valence-corrected chi connectivity index (χ0v) is 17.0. The molecule has 1 heterocycles.